The molecule has 7 heteroatoms. The second-order valence-electron chi connectivity index (χ2n) is 5.34. The molecule has 0 aliphatic carbocycles. The van der Waals surface area contributed by atoms with Crippen LogP contribution >= 0.6 is 0 Å². The summed E-state index contributed by atoms with van der Waals surface area (Å²) in [5.74, 6) is -0.428. The van der Waals surface area contributed by atoms with Crippen molar-refractivity contribution >= 4 is 17.3 Å². The van der Waals surface area contributed by atoms with Gasteiger partial charge in [-0.3, -0.25) is 14.9 Å². The Kier molecular flexibility index (Phi) is 4.42. The molecule has 0 bridgehead atoms. The summed E-state index contributed by atoms with van der Waals surface area (Å²) in [6.07, 6.45) is 1.39. The summed E-state index contributed by atoms with van der Waals surface area (Å²) in [5.41, 5.74) is -0.198. The number of ether oxygens (including phenoxy) is 1. The topological polar surface area (TPSA) is 93.5 Å². The summed E-state index contributed by atoms with van der Waals surface area (Å²) in [4.78, 5) is 23.1. The highest BCUT2D eigenvalue weighted by atomic mass is 16.6. The molecule has 0 aromatic heterocycles. The van der Waals surface area contributed by atoms with E-state index in [2.05, 4.69) is 10.6 Å². The zero-order chi connectivity index (χ0) is 15.5. The van der Waals surface area contributed by atoms with Crippen LogP contribution in [0.4, 0.5) is 11.4 Å². The van der Waals surface area contributed by atoms with Gasteiger partial charge in [0.25, 0.3) is 5.91 Å². The third-order valence-electron chi connectivity index (χ3n) is 3.74. The molecule has 1 saturated heterocycles. The molecular weight excluding hydrogens is 274 g/mol. The average Bonchev–Trinajstić information content (AvgIpc) is 2.46. The lowest BCUT2D eigenvalue weighted by Crippen LogP contribution is -2.49. The van der Waals surface area contributed by atoms with Crippen LogP contribution in [0.15, 0.2) is 18.2 Å². The Labute approximate surface area is 122 Å². The monoisotopic (exact) mass is 293 g/mol. The van der Waals surface area contributed by atoms with Crippen LogP contribution in [0.3, 0.4) is 0 Å². The van der Waals surface area contributed by atoms with Gasteiger partial charge in [-0.25, -0.2) is 0 Å². The van der Waals surface area contributed by atoms with Crippen LogP contribution in [0, 0.1) is 10.1 Å². The number of nitro groups is 1. The molecule has 1 aliphatic rings. The van der Waals surface area contributed by atoms with Crippen molar-refractivity contribution in [3.63, 3.8) is 0 Å². The maximum atomic E-state index is 12.4. The highest BCUT2D eigenvalue weighted by Crippen LogP contribution is 2.29. The SMILES string of the molecule is CNc1cccc(C(=O)NC2(C)CCOCC2)c1[N+](=O)[O-]. The second kappa shape index (κ2) is 6.09. The van der Waals surface area contributed by atoms with Crippen LogP contribution in [0.25, 0.3) is 0 Å². The summed E-state index contributed by atoms with van der Waals surface area (Å²) in [6, 6.07) is 4.67. The van der Waals surface area contributed by atoms with Gasteiger partial charge in [-0.2, -0.15) is 0 Å². The van der Waals surface area contributed by atoms with Crippen LogP contribution in [-0.4, -0.2) is 36.6 Å². The van der Waals surface area contributed by atoms with Gasteiger partial charge in [-0.15, -0.1) is 0 Å². The van der Waals surface area contributed by atoms with Crippen LogP contribution in [0.2, 0.25) is 0 Å². The maximum absolute atomic E-state index is 12.4. The number of benzene rings is 1. The maximum Gasteiger partial charge on any atom is 0.305 e. The number of amides is 1. The number of para-hydroxylation sites is 1. The number of carbonyl (C=O) groups is 1. The number of nitrogens with zero attached hydrogens (tertiary/aromatic N) is 1. The number of rotatable bonds is 4. The number of hydrogen-bond donors (Lipinski definition) is 2. The van der Waals surface area contributed by atoms with E-state index in [0.717, 1.165) is 0 Å². The number of nitrogens with one attached hydrogen (secondary N) is 2. The number of nitro benzene ring substituents is 1. The Morgan fingerprint density at radius 3 is 2.62 bits per heavy atom. The fraction of sp³-hybridized carbons (Fsp3) is 0.500. The fourth-order valence-electron chi connectivity index (χ4n) is 2.41. The van der Waals surface area contributed by atoms with Gasteiger partial charge in [0.1, 0.15) is 11.3 Å². The molecule has 1 fully saturated rings. The van der Waals surface area contributed by atoms with Gasteiger partial charge in [-0.1, -0.05) is 6.07 Å². The van der Waals surface area contributed by atoms with Crippen molar-refractivity contribution < 1.29 is 14.5 Å². The Morgan fingerprint density at radius 1 is 1.38 bits per heavy atom. The molecule has 1 heterocycles. The summed E-state index contributed by atoms with van der Waals surface area (Å²) in [6.45, 7) is 3.09. The van der Waals surface area contributed by atoms with E-state index in [-0.39, 0.29) is 11.3 Å². The van der Waals surface area contributed by atoms with Crippen LogP contribution in [0.5, 0.6) is 0 Å². The third kappa shape index (κ3) is 3.30. The first kappa shape index (κ1) is 15.2. The molecule has 0 saturated carbocycles. The largest absolute Gasteiger partial charge is 0.383 e. The van der Waals surface area contributed by atoms with Gasteiger partial charge < -0.3 is 15.4 Å². The quantitative estimate of drug-likeness (QED) is 0.653. The lowest BCUT2D eigenvalue weighted by molar-refractivity contribution is -0.384. The predicted molar refractivity (Wildman–Crippen MR) is 78.6 cm³/mol. The molecule has 114 valence electrons. The van der Waals surface area contributed by atoms with Crippen LogP contribution < -0.4 is 10.6 Å². The lowest BCUT2D eigenvalue weighted by Gasteiger charge is -2.34. The molecule has 1 aliphatic heterocycles. The molecule has 7 nitrogen and oxygen atoms in total. The molecule has 1 aromatic rings. The molecule has 0 atom stereocenters. The summed E-state index contributed by atoms with van der Waals surface area (Å²) in [5, 5.41) is 16.9. The van der Waals surface area contributed by atoms with E-state index in [1.54, 1.807) is 19.2 Å². The zero-order valence-electron chi connectivity index (χ0n) is 12.1. The smallest absolute Gasteiger partial charge is 0.305 e. The Balaban J connectivity index is 2.28. The van der Waals surface area contributed by atoms with E-state index in [1.807, 2.05) is 6.92 Å². The highest BCUT2D eigenvalue weighted by Gasteiger charge is 2.32. The Morgan fingerprint density at radius 2 is 2.05 bits per heavy atom. The first-order chi connectivity index (χ1) is 9.97. The lowest BCUT2D eigenvalue weighted by atomic mass is 9.92. The minimum Gasteiger partial charge on any atom is -0.383 e. The van der Waals surface area contributed by atoms with Crippen molar-refractivity contribution in [2.24, 2.45) is 0 Å². The van der Waals surface area contributed by atoms with E-state index >= 15 is 0 Å². The predicted octanol–water partition coefficient (Wildman–Crippen LogP) is 1.94. The van der Waals surface area contributed by atoms with Crippen molar-refractivity contribution in [2.75, 3.05) is 25.6 Å². The first-order valence-corrected chi connectivity index (χ1v) is 6.82. The first-order valence-electron chi connectivity index (χ1n) is 6.82. The third-order valence-corrected chi connectivity index (χ3v) is 3.74. The molecular formula is C14H19N3O4. The molecule has 21 heavy (non-hydrogen) atoms. The molecule has 0 unspecified atom stereocenters. The minimum atomic E-state index is -0.535. The van der Waals surface area contributed by atoms with E-state index in [9.17, 15) is 14.9 Å². The number of hydrogen-bond acceptors (Lipinski definition) is 5. The molecule has 0 spiro atoms. The van der Waals surface area contributed by atoms with E-state index in [1.165, 1.54) is 6.07 Å². The van der Waals surface area contributed by atoms with E-state index in [0.29, 0.717) is 31.7 Å². The van der Waals surface area contributed by atoms with Crippen LogP contribution in [0.1, 0.15) is 30.1 Å². The van der Waals surface area contributed by atoms with Gasteiger partial charge in [0.15, 0.2) is 0 Å². The Bertz CT molecular complexity index is 553. The summed E-state index contributed by atoms with van der Waals surface area (Å²) >= 11 is 0. The number of carbonyl (C=O) groups excluding carboxylic acids is 1. The van der Waals surface area contributed by atoms with E-state index < -0.39 is 16.4 Å². The van der Waals surface area contributed by atoms with Crippen molar-refractivity contribution in [3.8, 4) is 0 Å². The van der Waals surface area contributed by atoms with Crippen LogP contribution in [-0.2, 0) is 4.74 Å². The van der Waals surface area contributed by atoms with Crippen molar-refractivity contribution in [1.29, 1.82) is 0 Å². The average molecular weight is 293 g/mol. The van der Waals surface area contributed by atoms with Gasteiger partial charge >= 0.3 is 5.69 Å². The van der Waals surface area contributed by atoms with Crippen molar-refractivity contribution in [3.05, 3.63) is 33.9 Å². The van der Waals surface area contributed by atoms with Gasteiger partial charge in [-0.05, 0) is 31.9 Å². The fourth-order valence-corrected chi connectivity index (χ4v) is 2.41. The zero-order valence-corrected chi connectivity index (χ0v) is 12.1. The standard InChI is InChI=1S/C14H19N3O4/c1-14(6-8-21-9-7-14)16-13(18)10-4-3-5-11(15-2)12(10)17(19)20/h3-5,15H,6-9H2,1-2H3,(H,16,18). The van der Waals surface area contributed by atoms with Gasteiger partial charge in [0.05, 0.1) is 4.92 Å². The summed E-state index contributed by atoms with van der Waals surface area (Å²) in [7, 11) is 1.59. The molecule has 1 amide bonds. The van der Waals surface area contributed by atoms with Gasteiger partial charge in [0.2, 0.25) is 0 Å². The highest BCUT2D eigenvalue weighted by molar-refractivity contribution is 6.00. The van der Waals surface area contributed by atoms with E-state index in [4.69, 9.17) is 4.74 Å². The number of anilines is 1. The Hall–Kier alpha value is -2.15. The molecule has 1 aromatic carbocycles. The molecule has 0 radical (unpaired) electrons. The summed E-state index contributed by atoms with van der Waals surface area (Å²) < 4.78 is 5.28. The second-order valence-corrected chi connectivity index (χ2v) is 5.34. The molecule has 2 rings (SSSR count). The molecule has 2 N–H and O–H groups in total. The van der Waals surface area contributed by atoms with Crippen molar-refractivity contribution in [1.82, 2.24) is 5.32 Å². The normalized spacial score (nSPS) is 17.0. The van der Waals surface area contributed by atoms with Gasteiger partial charge in [0, 0.05) is 25.8 Å². The van der Waals surface area contributed by atoms with Crippen molar-refractivity contribution in [2.45, 2.75) is 25.3 Å². The minimum absolute atomic E-state index is 0.0690.